The Bertz CT molecular complexity index is 3840. The number of furan rings is 2. The van der Waals surface area contributed by atoms with E-state index >= 15 is 0 Å². The van der Waals surface area contributed by atoms with Crippen LogP contribution >= 0.6 is 0 Å². The molecule has 14 rings (SSSR count). The second-order valence-corrected chi connectivity index (χ2v) is 19.6. The minimum absolute atomic E-state index is 0.358. The van der Waals surface area contributed by atoms with Crippen LogP contribution in [0.25, 0.3) is 78.0 Å². The fourth-order valence-electron chi connectivity index (χ4n) is 11.4. The summed E-state index contributed by atoms with van der Waals surface area (Å²) in [5.41, 5.74) is 16.1. The van der Waals surface area contributed by atoms with Crippen molar-refractivity contribution in [3.63, 3.8) is 0 Å². The number of hydrogen-bond donors (Lipinski definition) is 0. The smallest absolute Gasteiger partial charge is 0.164 e. The van der Waals surface area contributed by atoms with Crippen LogP contribution in [0.2, 0.25) is 0 Å². The number of hydrogen-bond acceptors (Lipinski definition) is 7. The molecular formula is C63H45N5O2. The number of rotatable bonds is 5. The van der Waals surface area contributed by atoms with Crippen molar-refractivity contribution in [3.05, 3.63) is 222 Å². The lowest BCUT2D eigenvalue weighted by Crippen LogP contribution is -2.31. The van der Waals surface area contributed by atoms with Gasteiger partial charge in [-0.3, -0.25) is 0 Å². The van der Waals surface area contributed by atoms with Crippen molar-refractivity contribution in [3.8, 4) is 34.2 Å². The number of anilines is 6. The zero-order valence-electron chi connectivity index (χ0n) is 39.1. The molecule has 5 heterocycles. The highest BCUT2D eigenvalue weighted by Gasteiger charge is 2.42. The van der Waals surface area contributed by atoms with Crippen LogP contribution in [0.4, 0.5) is 34.1 Å². The molecule has 2 aliphatic heterocycles. The van der Waals surface area contributed by atoms with E-state index in [2.05, 4.69) is 189 Å². The van der Waals surface area contributed by atoms with Crippen LogP contribution in [0.3, 0.4) is 0 Å². The highest BCUT2D eigenvalue weighted by Crippen LogP contribution is 2.59. The fourth-order valence-corrected chi connectivity index (χ4v) is 11.4. The molecule has 0 spiro atoms. The van der Waals surface area contributed by atoms with Gasteiger partial charge in [0.05, 0.1) is 22.7 Å². The molecule has 334 valence electrons. The van der Waals surface area contributed by atoms with E-state index in [1.807, 2.05) is 48.5 Å². The van der Waals surface area contributed by atoms with Crippen LogP contribution in [-0.4, -0.2) is 15.0 Å². The van der Waals surface area contributed by atoms with Crippen LogP contribution in [0, 0.1) is 0 Å². The molecular weight excluding hydrogens is 859 g/mol. The topological polar surface area (TPSA) is 71.4 Å². The number of para-hydroxylation sites is 4. The fraction of sp³-hybridized carbons (Fsp3) is 0.0952. The molecule has 0 fully saturated rings. The van der Waals surface area contributed by atoms with Gasteiger partial charge in [0.1, 0.15) is 11.2 Å². The summed E-state index contributed by atoms with van der Waals surface area (Å²) >= 11 is 0. The SMILES string of the molecule is CC1(C)c2ccccc2N(c2cc(-c3nc(-c4ccccc4)nc(-c4ccccc4)n3)cc(N3c4ccccc4C(C)(C)c4ccc5c(oc6ccccc65)c43)c2)c2c1ccc1c2oc2ccccc21. The first-order chi connectivity index (χ1) is 34.2. The van der Waals surface area contributed by atoms with Crippen LogP contribution in [-0.2, 0) is 10.8 Å². The standard InChI is InChI=1S/C63H45N5O2/c1-62(2)47-25-13-15-27-51(47)67(55-49(62)33-31-45-43-23-11-17-29-53(43)69-57(45)55)41-35-40(61-65-59(38-19-7-5-8-20-38)64-60(66-61)39-21-9-6-10-22-39)36-42(37-41)68-52-28-16-14-26-48(52)63(3,4)50-34-32-46-44-24-12-18-30-54(44)70-58(46)56(50)68/h5-37H,1-4H3. The number of benzene rings is 9. The molecule has 7 heteroatoms. The first-order valence-electron chi connectivity index (χ1n) is 23.9. The summed E-state index contributed by atoms with van der Waals surface area (Å²) in [6.07, 6.45) is 0. The number of aromatic nitrogens is 3. The third-order valence-electron chi connectivity index (χ3n) is 14.8. The van der Waals surface area contributed by atoms with Gasteiger partial charge in [-0.15, -0.1) is 0 Å². The molecule has 0 saturated carbocycles. The van der Waals surface area contributed by atoms with E-state index in [0.717, 1.165) is 94.7 Å². The second-order valence-electron chi connectivity index (χ2n) is 19.6. The van der Waals surface area contributed by atoms with Crippen molar-refractivity contribution in [2.75, 3.05) is 9.80 Å². The summed E-state index contributed by atoms with van der Waals surface area (Å²) < 4.78 is 14.0. The Balaban J connectivity index is 1.12. The van der Waals surface area contributed by atoms with E-state index in [0.29, 0.717) is 17.5 Å². The third kappa shape index (κ3) is 5.84. The highest BCUT2D eigenvalue weighted by molar-refractivity contribution is 6.14. The Morgan fingerprint density at radius 2 is 0.729 bits per heavy atom. The molecule has 2 aliphatic rings. The molecule has 0 bridgehead atoms. The van der Waals surface area contributed by atoms with Gasteiger partial charge < -0.3 is 18.6 Å². The first-order valence-corrected chi connectivity index (χ1v) is 23.9. The zero-order chi connectivity index (χ0) is 46.9. The molecule has 0 saturated heterocycles. The van der Waals surface area contributed by atoms with Crippen LogP contribution in [0.1, 0.15) is 49.9 Å². The van der Waals surface area contributed by atoms with Crippen molar-refractivity contribution >= 4 is 78.0 Å². The van der Waals surface area contributed by atoms with E-state index in [4.69, 9.17) is 23.8 Å². The number of fused-ring (bicyclic) bond motifs is 12. The maximum atomic E-state index is 7.00. The lowest BCUT2D eigenvalue weighted by atomic mass is 9.73. The van der Waals surface area contributed by atoms with E-state index in [1.165, 1.54) is 22.3 Å². The summed E-state index contributed by atoms with van der Waals surface area (Å²) in [6.45, 7) is 9.28. The molecule has 0 unspecified atom stereocenters. The Labute approximate surface area is 405 Å². The second kappa shape index (κ2) is 14.8. The van der Waals surface area contributed by atoms with Crippen molar-refractivity contribution in [1.82, 2.24) is 15.0 Å². The van der Waals surface area contributed by atoms with Gasteiger partial charge in [-0.1, -0.05) is 185 Å². The summed E-state index contributed by atoms with van der Waals surface area (Å²) in [5, 5.41) is 4.29. The molecule has 0 radical (unpaired) electrons. The molecule has 9 aromatic carbocycles. The molecule has 0 amide bonds. The normalized spacial score (nSPS) is 14.5. The largest absolute Gasteiger partial charge is 0.454 e. The maximum absolute atomic E-state index is 7.00. The molecule has 3 aromatic heterocycles. The predicted octanol–water partition coefficient (Wildman–Crippen LogP) is 16.9. The quantitative estimate of drug-likeness (QED) is 0.170. The third-order valence-corrected chi connectivity index (χ3v) is 14.8. The maximum Gasteiger partial charge on any atom is 0.164 e. The minimum Gasteiger partial charge on any atom is -0.454 e. The van der Waals surface area contributed by atoms with Crippen molar-refractivity contribution < 1.29 is 8.83 Å². The van der Waals surface area contributed by atoms with Gasteiger partial charge in [-0.25, -0.2) is 15.0 Å². The molecule has 0 N–H and O–H groups in total. The Hall–Kier alpha value is -8.81. The minimum atomic E-state index is -0.358. The van der Waals surface area contributed by atoms with Gasteiger partial charge >= 0.3 is 0 Å². The van der Waals surface area contributed by atoms with Gasteiger partial charge in [0.2, 0.25) is 0 Å². The van der Waals surface area contributed by atoms with E-state index in [-0.39, 0.29) is 10.8 Å². The lowest BCUT2D eigenvalue weighted by molar-refractivity contribution is 0.623. The molecule has 12 aromatic rings. The highest BCUT2D eigenvalue weighted by atomic mass is 16.3. The summed E-state index contributed by atoms with van der Waals surface area (Å²) in [6, 6.07) is 70.5. The van der Waals surface area contributed by atoms with Gasteiger partial charge in [0.15, 0.2) is 28.6 Å². The lowest BCUT2D eigenvalue weighted by Gasteiger charge is -2.43. The van der Waals surface area contributed by atoms with Gasteiger partial charge in [-0.05, 0) is 64.7 Å². The van der Waals surface area contributed by atoms with Crippen LogP contribution in [0.15, 0.2) is 209 Å². The van der Waals surface area contributed by atoms with Crippen LogP contribution < -0.4 is 9.80 Å². The molecule has 70 heavy (non-hydrogen) atoms. The van der Waals surface area contributed by atoms with Crippen LogP contribution in [0.5, 0.6) is 0 Å². The molecule has 7 nitrogen and oxygen atoms in total. The first kappa shape index (κ1) is 40.3. The predicted molar refractivity (Wildman–Crippen MR) is 284 cm³/mol. The van der Waals surface area contributed by atoms with Gasteiger partial charge in [0, 0.05) is 60.4 Å². The summed E-state index contributed by atoms with van der Waals surface area (Å²) in [4.78, 5) is 20.7. The monoisotopic (exact) mass is 903 g/mol. The molecule has 0 atom stereocenters. The van der Waals surface area contributed by atoms with E-state index in [9.17, 15) is 0 Å². The Kier molecular flexibility index (Phi) is 8.54. The average molecular weight is 904 g/mol. The van der Waals surface area contributed by atoms with Gasteiger partial charge in [0.25, 0.3) is 0 Å². The summed E-state index contributed by atoms with van der Waals surface area (Å²) in [5.74, 6) is 1.74. The van der Waals surface area contributed by atoms with Gasteiger partial charge in [-0.2, -0.15) is 0 Å². The van der Waals surface area contributed by atoms with Crippen molar-refractivity contribution in [2.45, 2.75) is 38.5 Å². The van der Waals surface area contributed by atoms with Crippen molar-refractivity contribution in [1.29, 1.82) is 0 Å². The average Bonchev–Trinajstić information content (AvgIpc) is 3.99. The summed E-state index contributed by atoms with van der Waals surface area (Å²) in [7, 11) is 0. The van der Waals surface area contributed by atoms with E-state index < -0.39 is 0 Å². The zero-order valence-corrected chi connectivity index (χ0v) is 39.1. The Morgan fingerprint density at radius 3 is 1.19 bits per heavy atom. The Morgan fingerprint density at radius 1 is 0.343 bits per heavy atom. The van der Waals surface area contributed by atoms with Crippen molar-refractivity contribution in [2.24, 2.45) is 0 Å². The number of nitrogens with zero attached hydrogens (tertiary/aromatic N) is 5. The molecule has 0 aliphatic carbocycles. The van der Waals surface area contributed by atoms with E-state index in [1.54, 1.807) is 0 Å².